The van der Waals surface area contributed by atoms with E-state index in [1.54, 1.807) is 0 Å². The van der Waals surface area contributed by atoms with Crippen LogP contribution in [0.1, 0.15) is 25.7 Å². The van der Waals surface area contributed by atoms with Crippen LogP contribution in [0.3, 0.4) is 0 Å². The molecule has 122 valence electrons. The molecular formula is C15H20F2N2O2S. The van der Waals surface area contributed by atoms with E-state index in [2.05, 4.69) is 4.90 Å². The van der Waals surface area contributed by atoms with E-state index in [0.717, 1.165) is 43.9 Å². The summed E-state index contributed by atoms with van der Waals surface area (Å²) in [5.41, 5.74) is -0.336. The molecule has 0 N–H and O–H groups in total. The number of rotatable bonds is 3. The van der Waals surface area contributed by atoms with E-state index in [4.69, 9.17) is 0 Å². The first kappa shape index (κ1) is 15.8. The number of benzene rings is 1. The molecule has 1 spiro atoms. The van der Waals surface area contributed by atoms with Gasteiger partial charge in [-0.05, 0) is 58.0 Å². The Labute approximate surface area is 129 Å². The van der Waals surface area contributed by atoms with Crippen molar-refractivity contribution < 1.29 is 17.2 Å². The van der Waals surface area contributed by atoms with Crippen LogP contribution in [0.4, 0.5) is 8.78 Å². The molecule has 3 rings (SSSR count). The van der Waals surface area contributed by atoms with Crippen LogP contribution in [0.5, 0.6) is 0 Å². The average molecular weight is 330 g/mol. The number of hydrogen-bond donors (Lipinski definition) is 0. The second kappa shape index (κ2) is 5.25. The van der Waals surface area contributed by atoms with E-state index >= 15 is 0 Å². The molecule has 1 atom stereocenters. The molecule has 22 heavy (non-hydrogen) atoms. The van der Waals surface area contributed by atoms with E-state index < -0.39 is 21.7 Å². The van der Waals surface area contributed by atoms with Gasteiger partial charge in [0.1, 0.15) is 0 Å². The van der Waals surface area contributed by atoms with Gasteiger partial charge in [0.25, 0.3) is 0 Å². The molecule has 2 aliphatic rings. The third-order valence-electron chi connectivity index (χ3n) is 4.85. The highest BCUT2D eigenvalue weighted by atomic mass is 32.2. The Morgan fingerprint density at radius 3 is 2.45 bits per heavy atom. The normalized spacial score (nSPS) is 24.9. The number of nitrogens with zero attached hydrogens (tertiary/aromatic N) is 2. The molecule has 0 aromatic heterocycles. The van der Waals surface area contributed by atoms with Crippen molar-refractivity contribution in [1.29, 1.82) is 0 Å². The highest BCUT2D eigenvalue weighted by Crippen LogP contribution is 2.51. The van der Waals surface area contributed by atoms with Gasteiger partial charge in [-0.1, -0.05) is 0 Å². The van der Waals surface area contributed by atoms with E-state index in [-0.39, 0.29) is 10.4 Å². The third-order valence-corrected chi connectivity index (χ3v) is 6.85. The lowest BCUT2D eigenvalue weighted by Crippen LogP contribution is -2.52. The maximum Gasteiger partial charge on any atom is 0.243 e. The van der Waals surface area contributed by atoms with E-state index in [1.807, 2.05) is 14.1 Å². The Kier molecular flexibility index (Phi) is 3.78. The lowest BCUT2D eigenvalue weighted by Gasteiger charge is -2.41. The summed E-state index contributed by atoms with van der Waals surface area (Å²) < 4.78 is 53.6. The van der Waals surface area contributed by atoms with Crippen LogP contribution < -0.4 is 0 Å². The Hall–Kier alpha value is -1.05. The molecule has 1 heterocycles. The Balaban J connectivity index is 1.91. The topological polar surface area (TPSA) is 40.6 Å². The molecule has 0 bridgehead atoms. The molecule has 1 aromatic carbocycles. The SMILES string of the molecule is CN(C)C1CCN(S(=O)(=O)c2ccc(F)c(F)c2)C2(CC2)C1. The maximum absolute atomic E-state index is 13.4. The van der Waals surface area contributed by atoms with Crippen molar-refractivity contribution in [3.63, 3.8) is 0 Å². The van der Waals surface area contributed by atoms with Gasteiger partial charge in [0, 0.05) is 18.1 Å². The smallest absolute Gasteiger partial charge is 0.243 e. The van der Waals surface area contributed by atoms with Crippen LogP contribution in [0.25, 0.3) is 0 Å². The fourth-order valence-electron chi connectivity index (χ4n) is 3.32. The zero-order valence-electron chi connectivity index (χ0n) is 12.7. The number of hydrogen-bond acceptors (Lipinski definition) is 3. The van der Waals surface area contributed by atoms with Gasteiger partial charge in [-0.15, -0.1) is 0 Å². The van der Waals surface area contributed by atoms with Crippen molar-refractivity contribution in [3.05, 3.63) is 29.8 Å². The van der Waals surface area contributed by atoms with Gasteiger partial charge in [-0.25, -0.2) is 17.2 Å². The van der Waals surface area contributed by atoms with Gasteiger partial charge in [0.15, 0.2) is 11.6 Å². The lowest BCUT2D eigenvalue weighted by molar-refractivity contribution is 0.136. The summed E-state index contributed by atoms with van der Waals surface area (Å²) in [6, 6.07) is 3.15. The first-order valence-electron chi connectivity index (χ1n) is 7.41. The van der Waals surface area contributed by atoms with Gasteiger partial charge >= 0.3 is 0 Å². The molecule has 2 fully saturated rings. The van der Waals surface area contributed by atoms with E-state index in [1.165, 1.54) is 4.31 Å². The van der Waals surface area contributed by atoms with Gasteiger partial charge in [0.05, 0.1) is 4.90 Å². The summed E-state index contributed by atoms with van der Waals surface area (Å²) in [7, 11) is 0.213. The largest absolute Gasteiger partial charge is 0.306 e. The summed E-state index contributed by atoms with van der Waals surface area (Å²) >= 11 is 0. The molecule has 7 heteroatoms. The summed E-state index contributed by atoms with van der Waals surface area (Å²) in [5, 5.41) is 0. The van der Waals surface area contributed by atoms with Crippen molar-refractivity contribution >= 4 is 10.0 Å². The summed E-state index contributed by atoms with van der Waals surface area (Å²) in [6.45, 7) is 0.421. The van der Waals surface area contributed by atoms with Crippen molar-refractivity contribution in [1.82, 2.24) is 9.21 Å². The van der Waals surface area contributed by atoms with Gasteiger partial charge in [-0.3, -0.25) is 0 Å². The van der Waals surface area contributed by atoms with Crippen LogP contribution in [-0.2, 0) is 10.0 Å². The number of piperidine rings is 1. The fraction of sp³-hybridized carbons (Fsp3) is 0.600. The van der Waals surface area contributed by atoms with Gasteiger partial charge in [-0.2, -0.15) is 4.31 Å². The first-order valence-corrected chi connectivity index (χ1v) is 8.85. The average Bonchev–Trinajstić information content (AvgIpc) is 3.20. The summed E-state index contributed by atoms with van der Waals surface area (Å²) in [6.07, 6.45) is 3.21. The summed E-state index contributed by atoms with van der Waals surface area (Å²) in [5.74, 6) is -2.17. The van der Waals surface area contributed by atoms with Crippen molar-refractivity contribution in [3.8, 4) is 0 Å². The van der Waals surface area contributed by atoms with Crippen LogP contribution >= 0.6 is 0 Å². The quantitative estimate of drug-likeness (QED) is 0.853. The van der Waals surface area contributed by atoms with Crippen LogP contribution in [0, 0.1) is 11.6 Å². The molecule has 0 amide bonds. The van der Waals surface area contributed by atoms with Crippen molar-refractivity contribution in [2.45, 2.75) is 42.2 Å². The molecule has 4 nitrogen and oxygen atoms in total. The predicted molar refractivity (Wildman–Crippen MR) is 78.9 cm³/mol. The molecule has 1 saturated carbocycles. The minimum Gasteiger partial charge on any atom is -0.306 e. The monoisotopic (exact) mass is 330 g/mol. The molecule has 1 unspecified atom stereocenters. The molecule has 1 saturated heterocycles. The highest BCUT2D eigenvalue weighted by molar-refractivity contribution is 7.89. The first-order chi connectivity index (χ1) is 10.3. The van der Waals surface area contributed by atoms with E-state index in [0.29, 0.717) is 12.6 Å². The zero-order valence-corrected chi connectivity index (χ0v) is 13.5. The molecule has 0 radical (unpaired) electrons. The fourth-order valence-corrected chi connectivity index (χ4v) is 5.18. The van der Waals surface area contributed by atoms with Crippen LogP contribution in [0.2, 0.25) is 0 Å². The van der Waals surface area contributed by atoms with Gasteiger partial charge < -0.3 is 4.90 Å². The van der Waals surface area contributed by atoms with Crippen LogP contribution in [-0.4, -0.2) is 49.8 Å². The maximum atomic E-state index is 13.4. The lowest BCUT2D eigenvalue weighted by atomic mass is 9.97. The second-order valence-electron chi connectivity index (χ2n) is 6.49. The van der Waals surface area contributed by atoms with E-state index in [9.17, 15) is 17.2 Å². The summed E-state index contributed by atoms with van der Waals surface area (Å²) in [4.78, 5) is 1.96. The standard InChI is InChI=1S/C15H20F2N2O2S/c1-18(2)11-5-8-19(15(10-11)6-7-15)22(20,21)12-3-4-13(16)14(17)9-12/h3-4,9,11H,5-8,10H2,1-2H3. The van der Waals surface area contributed by atoms with Crippen molar-refractivity contribution in [2.75, 3.05) is 20.6 Å². The molecule has 1 aliphatic heterocycles. The molecular weight excluding hydrogens is 310 g/mol. The van der Waals surface area contributed by atoms with Crippen molar-refractivity contribution in [2.24, 2.45) is 0 Å². The van der Waals surface area contributed by atoms with Gasteiger partial charge in [0.2, 0.25) is 10.0 Å². The number of halogens is 2. The predicted octanol–water partition coefficient (Wildman–Crippen LogP) is 2.21. The number of sulfonamides is 1. The molecule has 1 aliphatic carbocycles. The minimum atomic E-state index is -3.79. The minimum absolute atomic E-state index is 0.166. The highest BCUT2D eigenvalue weighted by Gasteiger charge is 2.56. The Morgan fingerprint density at radius 2 is 1.91 bits per heavy atom. The van der Waals surface area contributed by atoms with Crippen LogP contribution in [0.15, 0.2) is 23.1 Å². The zero-order chi connectivity index (χ0) is 16.1. The third kappa shape index (κ3) is 2.55. The molecule has 1 aromatic rings. The Morgan fingerprint density at radius 1 is 1.23 bits per heavy atom. The Bertz CT molecular complexity index is 687. The second-order valence-corrected chi connectivity index (χ2v) is 8.35.